The van der Waals surface area contributed by atoms with Crippen LogP contribution in [0.3, 0.4) is 0 Å². The number of anilines is 4. The molecular formula is C20H19N5O3. The number of carbonyl (C=O) groups is 2. The lowest BCUT2D eigenvalue weighted by atomic mass is 10.2. The molecule has 142 valence electrons. The molecule has 2 amide bonds. The Morgan fingerprint density at radius 3 is 2.29 bits per heavy atom. The Hall–Kier alpha value is -3.94. The van der Waals surface area contributed by atoms with Crippen molar-refractivity contribution in [2.24, 2.45) is 0 Å². The molecule has 1 aromatic heterocycles. The van der Waals surface area contributed by atoms with Crippen molar-refractivity contribution in [2.75, 3.05) is 23.1 Å². The first-order valence-corrected chi connectivity index (χ1v) is 8.45. The quantitative estimate of drug-likeness (QED) is 0.608. The monoisotopic (exact) mass is 377 g/mol. The van der Waals surface area contributed by atoms with E-state index < -0.39 is 0 Å². The van der Waals surface area contributed by atoms with Crippen LogP contribution in [-0.2, 0) is 4.79 Å². The second kappa shape index (κ2) is 8.63. The molecule has 0 fully saturated rings. The van der Waals surface area contributed by atoms with Crippen molar-refractivity contribution in [1.82, 2.24) is 9.97 Å². The van der Waals surface area contributed by atoms with Crippen LogP contribution in [0.15, 0.2) is 60.9 Å². The summed E-state index contributed by atoms with van der Waals surface area (Å²) in [5.74, 6) is 0.638. The van der Waals surface area contributed by atoms with E-state index in [2.05, 4.69) is 25.9 Å². The average Bonchev–Trinajstić information content (AvgIpc) is 2.70. The maximum atomic E-state index is 12.3. The van der Waals surface area contributed by atoms with Crippen molar-refractivity contribution in [1.29, 1.82) is 0 Å². The fourth-order valence-electron chi connectivity index (χ4n) is 2.39. The molecule has 8 nitrogen and oxygen atoms in total. The fourth-order valence-corrected chi connectivity index (χ4v) is 2.39. The van der Waals surface area contributed by atoms with E-state index in [4.69, 9.17) is 4.74 Å². The number of carbonyl (C=O) groups excluding carboxylic acids is 2. The molecule has 0 saturated carbocycles. The van der Waals surface area contributed by atoms with Crippen molar-refractivity contribution >= 4 is 34.7 Å². The van der Waals surface area contributed by atoms with E-state index in [9.17, 15) is 9.59 Å². The number of hydrogen-bond donors (Lipinski definition) is 3. The number of amides is 2. The van der Waals surface area contributed by atoms with Crippen molar-refractivity contribution < 1.29 is 14.3 Å². The molecule has 3 aromatic rings. The number of nitrogens with one attached hydrogen (secondary N) is 3. The first kappa shape index (κ1) is 18.8. The van der Waals surface area contributed by atoms with Gasteiger partial charge in [-0.15, -0.1) is 0 Å². The number of ether oxygens (including phenoxy) is 1. The minimum absolute atomic E-state index is 0.130. The minimum atomic E-state index is -0.369. The van der Waals surface area contributed by atoms with Gasteiger partial charge in [0.25, 0.3) is 5.91 Å². The third-order valence-electron chi connectivity index (χ3n) is 3.69. The number of methoxy groups -OCH3 is 1. The molecule has 0 saturated heterocycles. The normalized spacial score (nSPS) is 10.1. The first-order valence-electron chi connectivity index (χ1n) is 8.45. The highest BCUT2D eigenvalue weighted by molar-refractivity contribution is 6.02. The van der Waals surface area contributed by atoms with Crippen molar-refractivity contribution in [3.63, 3.8) is 0 Å². The molecule has 0 aliphatic carbocycles. The summed E-state index contributed by atoms with van der Waals surface area (Å²) in [4.78, 5) is 31.7. The van der Waals surface area contributed by atoms with Crippen LogP contribution in [-0.4, -0.2) is 28.9 Å². The Balaban J connectivity index is 1.62. The third-order valence-corrected chi connectivity index (χ3v) is 3.69. The standard InChI is InChI=1S/C20H19N5O3/c1-13(26)23-14-6-8-15(9-7-14)24-19-12-21-18(11-22-19)20(27)25-16-4-3-5-17(10-16)28-2/h3-12H,1-2H3,(H,22,24)(H,23,26)(H,25,27). The molecule has 0 radical (unpaired) electrons. The molecule has 0 aliphatic heterocycles. The van der Waals surface area contributed by atoms with Gasteiger partial charge >= 0.3 is 0 Å². The van der Waals surface area contributed by atoms with Gasteiger partial charge in [-0.2, -0.15) is 0 Å². The van der Waals surface area contributed by atoms with Crippen LogP contribution in [0.4, 0.5) is 22.9 Å². The highest BCUT2D eigenvalue weighted by Gasteiger charge is 2.09. The third kappa shape index (κ3) is 5.04. The van der Waals surface area contributed by atoms with Crippen LogP contribution >= 0.6 is 0 Å². The number of benzene rings is 2. The summed E-state index contributed by atoms with van der Waals surface area (Å²) in [5.41, 5.74) is 2.27. The Bertz CT molecular complexity index is 972. The Morgan fingerprint density at radius 1 is 0.893 bits per heavy atom. The summed E-state index contributed by atoms with van der Waals surface area (Å²) in [6.45, 7) is 1.45. The molecule has 3 rings (SSSR count). The lowest BCUT2D eigenvalue weighted by Gasteiger charge is -2.08. The van der Waals surface area contributed by atoms with E-state index in [1.54, 1.807) is 55.6 Å². The second-order valence-corrected chi connectivity index (χ2v) is 5.86. The van der Waals surface area contributed by atoms with Crippen LogP contribution in [0.5, 0.6) is 5.75 Å². The smallest absolute Gasteiger partial charge is 0.275 e. The zero-order valence-corrected chi connectivity index (χ0v) is 15.4. The van der Waals surface area contributed by atoms with Gasteiger partial charge in [-0.3, -0.25) is 9.59 Å². The molecule has 0 aliphatic rings. The minimum Gasteiger partial charge on any atom is -0.497 e. The first-order chi connectivity index (χ1) is 13.5. The summed E-state index contributed by atoms with van der Waals surface area (Å²) in [7, 11) is 1.56. The number of hydrogen-bond acceptors (Lipinski definition) is 6. The SMILES string of the molecule is COc1cccc(NC(=O)c2cnc(Nc3ccc(NC(C)=O)cc3)cn2)c1. The maximum absolute atomic E-state index is 12.3. The molecule has 0 unspecified atom stereocenters. The van der Waals surface area contributed by atoms with Gasteiger partial charge in [-0.05, 0) is 36.4 Å². The van der Waals surface area contributed by atoms with Crippen molar-refractivity contribution in [3.8, 4) is 5.75 Å². The van der Waals surface area contributed by atoms with Crippen molar-refractivity contribution in [3.05, 3.63) is 66.6 Å². The zero-order valence-electron chi connectivity index (χ0n) is 15.4. The number of nitrogens with zero attached hydrogens (tertiary/aromatic N) is 2. The van der Waals surface area contributed by atoms with Gasteiger partial charge in [0.1, 0.15) is 17.3 Å². The van der Waals surface area contributed by atoms with Gasteiger partial charge in [0.05, 0.1) is 19.5 Å². The summed E-state index contributed by atoms with van der Waals surface area (Å²) >= 11 is 0. The van der Waals surface area contributed by atoms with Crippen LogP contribution in [0.2, 0.25) is 0 Å². The van der Waals surface area contributed by atoms with E-state index in [0.29, 0.717) is 22.9 Å². The molecule has 3 N–H and O–H groups in total. The molecule has 0 atom stereocenters. The fraction of sp³-hybridized carbons (Fsp3) is 0.100. The number of aromatic nitrogens is 2. The van der Waals surface area contributed by atoms with Gasteiger partial charge in [0, 0.05) is 30.1 Å². The second-order valence-electron chi connectivity index (χ2n) is 5.86. The predicted octanol–water partition coefficient (Wildman–Crippen LogP) is 3.44. The maximum Gasteiger partial charge on any atom is 0.275 e. The van der Waals surface area contributed by atoms with E-state index in [1.807, 2.05) is 0 Å². The van der Waals surface area contributed by atoms with Crippen LogP contribution in [0.25, 0.3) is 0 Å². The lowest BCUT2D eigenvalue weighted by Crippen LogP contribution is -2.14. The largest absolute Gasteiger partial charge is 0.497 e. The summed E-state index contributed by atoms with van der Waals surface area (Å²) in [5, 5.41) is 8.52. The predicted molar refractivity (Wildman–Crippen MR) is 107 cm³/mol. The Kier molecular flexibility index (Phi) is 5.81. The van der Waals surface area contributed by atoms with Gasteiger partial charge in [0.15, 0.2) is 0 Å². The molecular weight excluding hydrogens is 358 g/mol. The molecule has 2 aromatic carbocycles. The molecule has 8 heteroatoms. The molecule has 0 spiro atoms. The summed E-state index contributed by atoms with van der Waals surface area (Å²) < 4.78 is 5.13. The zero-order chi connectivity index (χ0) is 19.9. The van der Waals surface area contributed by atoms with Gasteiger partial charge < -0.3 is 20.7 Å². The van der Waals surface area contributed by atoms with Crippen molar-refractivity contribution in [2.45, 2.75) is 6.92 Å². The van der Waals surface area contributed by atoms with Gasteiger partial charge in [0.2, 0.25) is 5.91 Å². The molecule has 1 heterocycles. The van der Waals surface area contributed by atoms with Gasteiger partial charge in [-0.1, -0.05) is 6.07 Å². The molecule has 0 bridgehead atoms. The van der Waals surface area contributed by atoms with E-state index in [0.717, 1.165) is 5.69 Å². The van der Waals surface area contributed by atoms with E-state index in [1.165, 1.54) is 19.3 Å². The topological polar surface area (TPSA) is 105 Å². The Morgan fingerprint density at radius 2 is 1.64 bits per heavy atom. The number of rotatable bonds is 6. The molecule has 28 heavy (non-hydrogen) atoms. The summed E-state index contributed by atoms with van der Waals surface area (Å²) in [6.07, 6.45) is 2.87. The van der Waals surface area contributed by atoms with Crippen LogP contribution in [0.1, 0.15) is 17.4 Å². The Labute approximate surface area is 162 Å². The summed E-state index contributed by atoms with van der Waals surface area (Å²) in [6, 6.07) is 14.2. The average molecular weight is 377 g/mol. The van der Waals surface area contributed by atoms with Crippen LogP contribution in [0, 0.1) is 0 Å². The highest BCUT2D eigenvalue weighted by atomic mass is 16.5. The van der Waals surface area contributed by atoms with E-state index >= 15 is 0 Å². The van der Waals surface area contributed by atoms with Crippen LogP contribution < -0.4 is 20.7 Å². The lowest BCUT2D eigenvalue weighted by molar-refractivity contribution is -0.114. The van der Waals surface area contributed by atoms with Gasteiger partial charge in [-0.25, -0.2) is 9.97 Å². The highest BCUT2D eigenvalue weighted by Crippen LogP contribution is 2.19. The van der Waals surface area contributed by atoms with E-state index in [-0.39, 0.29) is 17.5 Å².